The van der Waals surface area contributed by atoms with Gasteiger partial charge in [-0.1, -0.05) is 0 Å². The molecule has 6 heteroatoms. The van der Waals surface area contributed by atoms with Crippen molar-refractivity contribution < 1.29 is 15.0 Å². The zero-order chi connectivity index (χ0) is 11.5. The summed E-state index contributed by atoms with van der Waals surface area (Å²) in [5, 5.41) is 21.6. The molecular weight excluding hydrogens is 216 g/mol. The maximum Gasteiger partial charge on any atom is 0.263 e. The van der Waals surface area contributed by atoms with Crippen molar-refractivity contribution >= 4 is 17.2 Å². The molecule has 0 spiro atoms. The monoisotopic (exact) mass is 230 g/mol. The van der Waals surface area contributed by atoms with E-state index in [1.54, 1.807) is 0 Å². The van der Waals surface area contributed by atoms with Crippen LogP contribution in [0, 0.1) is 6.92 Å². The van der Waals surface area contributed by atoms with E-state index >= 15 is 0 Å². The van der Waals surface area contributed by atoms with E-state index in [-0.39, 0.29) is 12.5 Å². The summed E-state index contributed by atoms with van der Waals surface area (Å²) in [6, 6.07) is 0. The van der Waals surface area contributed by atoms with Gasteiger partial charge in [0.2, 0.25) is 0 Å². The van der Waals surface area contributed by atoms with E-state index in [4.69, 9.17) is 5.11 Å². The van der Waals surface area contributed by atoms with Gasteiger partial charge in [-0.25, -0.2) is 4.98 Å². The smallest absolute Gasteiger partial charge is 0.263 e. The Labute approximate surface area is 91.8 Å². The van der Waals surface area contributed by atoms with Gasteiger partial charge in [0.1, 0.15) is 10.5 Å². The molecule has 1 aromatic rings. The predicted molar refractivity (Wildman–Crippen MR) is 56.9 cm³/mol. The van der Waals surface area contributed by atoms with Crippen LogP contribution in [0.1, 0.15) is 21.6 Å². The second-order valence-corrected chi connectivity index (χ2v) is 4.82. The number of carbonyl (C=O) groups is 1. The van der Waals surface area contributed by atoms with Crippen LogP contribution in [-0.2, 0) is 0 Å². The highest BCUT2D eigenvalue weighted by atomic mass is 32.1. The number of aliphatic hydroxyl groups excluding tert-OH is 1. The number of aryl methyl sites for hydroxylation is 1. The predicted octanol–water partition coefficient (Wildman–Crippen LogP) is -0.0754. The van der Waals surface area contributed by atoms with E-state index in [1.165, 1.54) is 24.5 Å². The minimum atomic E-state index is -1.28. The van der Waals surface area contributed by atoms with Crippen LogP contribution in [0.15, 0.2) is 6.20 Å². The van der Waals surface area contributed by atoms with E-state index in [9.17, 15) is 9.90 Å². The molecule has 0 saturated heterocycles. The number of rotatable bonds is 4. The highest BCUT2D eigenvalue weighted by Gasteiger charge is 2.20. The summed E-state index contributed by atoms with van der Waals surface area (Å²) < 4.78 is 0. The fourth-order valence-electron chi connectivity index (χ4n) is 0.880. The Balaban J connectivity index is 2.50. The van der Waals surface area contributed by atoms with Crippen LogP contribution >= 0.6 is 11.3 Å². The Bertz CT molecular complexity index is 349. The lowest BCUT2D eigenvalue weighted by molar-refractivity contribution is 0.00323. The minimum Gasteiger partial charge on any atom is -0.393 e. The number of aliphatic hydroxyl groups is 2. The average molecular weight is 230 g/mol. The zero-order valence-electron chi connectivity index (χ0n) is 8.65. The van der Waals surface area contributed by atoms with Gasteiger partial charge in [-0.2, -0.15) is 0 Å². The Hall–Kier alpha value is -0.980. The molecule has 1 rings (SSSR count). The molecule has 0 radical (unpaired) electrons. The third-order valence-electron chi connectivity index (χ3n) is 1.82. The van der Waals surface area contributed by atoms with Gasteiger partial charge >= 0.3 is 0 Å². The maximum atomic E-state index is 11.5. The largest absolute Gasteiger partial charge is 0.393 e. The molecule has 0 bridgehead atoms. The quantitative estimate of drug-likeness (QED) is 0.676. The molecule has 0 fully saturated rings. The van der Waals surface area contributed by atoms with Crippen molar-refractivity contribution in [2.45, 2.75) is 19.4 Å². The number of aromatic nitrogens is 1. The third kappa shape index (κ3) is 3.58. The normalized spacial score (nSPS) is 14.7. The van der Waals surface area contributed by atoms with Gasteiger partial charge in [-0.15, -0.1) is 11.3 Å². The highest BCUT2D eigenvalue weighted by molar-refractivity contribution is 7.13. The van der Waals surface area contributed by atoms with Gasteiger partial charge in [0, 0.05) is 6.54 Å². The minimum absolute atomic E-state index is 0.0132. The van der Waals surface area contributed by atoms with Crippen molar-refractivity contribution in [2.24, 2.45) is 0 Å². The van der Waals surface area contributed by atoms with Crippen LogP contribution in [0.25, 0.3) is 0 Å². The summed E-state index contributed by atoms with van der Waals surface area (Å²) >= 11 is 1.29. The van der Waals surface area contributed by atoms with Crippen LogP contribution in [0.5, 0.6) is 0 Å². The van der Waals surface area contributed by atoms with Crippen LogP contribution in [0.4, 0.5) is 0 Å². The van der Waals surface area contributed by atoms with Gasteiger partial charge < -0.3 is 15.5 Å². The molecule has 0 aliphatic heterocycles. The summed E-state index contributed by atoms with van der Waals surface area (Å²) in [6.07, 6.45) is 1.49. The van der Waals surface area contributed by atoms with Crippen LogP contribution in [0.3, 0.4) is 0 Å². The first-order valence-corrected chi connectivity index (χ1v) is 5.30. The first-order chi connectivity index (χ1) is 6.94. The Morgan fingerprint density at radius 1 is 1.73 bits per heavy atom. The number of carbonyl (C=O) groups excluding carboxylic acids is 1. The van der Waals surface area contributed by atoms with Crippen molar-refractivity contribution in [3.05, 3.63) is 16.1 Å². The summed E-state index contributed by atoms with van der Waals surface area (Å²) in [7, 11) is 0. The summed E-state index contributed by atoms with van der Waals surface area (Å²) in [5.74, 6) is -0.283. The second kappa shape index (κ2) is 4.69. The van der Waals surface area contributed by atoms with Crippen molar-refractivity contribution in [1.29, 1.82) is 0 Å². The fourth-order valence-corrected chi connectivity index (χ4v) is 1.57. The molecule has 15 heavy (non-hydrogen) atoms. The molecule has 0 aliphatic rings. The number of thiazole rings is 1. The topological polar surface area (TPSA) is 82.5 Å². The molecule has 1 aromatic heterocycles. The summed E-state index contributed by atoms with van der Waals surface area (Å²) in [5.41, 5.74) is -1.28. The Morgan fingerprint density at radius 2 is 2.40 bits per heavy atom. The van der Waals surface area contributed by atoms with Crippen molar-refractivity contribution in [2.75, 3.05) is 13.2 Å². The maximum absolute atomic E-state index is 11.5. The molecule has 3 N–H and O–H groups in total. The first-order valence-electron chi connectivity index (χ1n) is 4.48. The van der Waals surface area contributed by atoms with Crippen molar-refractivity contribution in [3.63, 3.8) is 0 Å². The van der Waals surface area contributed by atoms with Crippen LogP contribution < -0.4 is 5.32 Å². The van der Waals surface area contributed by atoms with Gasteiger partial charge in [-0.05, 0) is 13.8 Å². The van der Waals surface area contributed by atoms with Gasteiger partial charge in [-0.3, -0.25) is 4.79 Å². The van der Waals surface area contributed by atoms with Gasteiger partial charge in [0.05, 0.1) is 17.8 Å². The molecule has 1 amide bonds. The number of hydrogen-bond acceptors (Lipinski definition) is 5. The van der Waals surface area contributed by atoms with E-state index in [0.717, 1.165) is 5.01 Å². The molecule has 0 aromatic carbocycles. The molecule has 5 nitrogen and oxygen atoms in total. The third-order valence-corrected chi connectivity index (χ3v) is 2.73. The summed E-state index contributed by atoms with van der Waals surface area (Å²) in [6.45, 7) is 2.88. The number of hydrogen-bond donors (Lipinski definition) is 3. The van der Waals surface area contributed by atoms with Crippen molar-refractivity contribution in [3.8, 4) is 0 Å². The SMILES string of the molecule is Cc1ncc(C(=O)NCC(C)(O)CO)s1. The number of nitrogens with one attached hydrogen (secondary N) is 1. The lowest BCUT2D eigenvalue weighted by Crippen LogP contribution is -2.43. The number of amides is 1. The number of nitrogens with zero attached hydrogens (tertiary/aromatic N) is 1. The molecule has 84 valence electrons. The molecule has 0 aliphatic carbocycles. The highest BCUT2D eigenvalue weighted by Crippen LogP contribution is 2.11. The summed E-state index contributed by atoms with van der Waals surface area (Å²) in [4.78, 5) is 15.9. The average Bonchev–Trinajstić information content (AvgIpc) is 2.61. The standard InChI is InChI=1S/C9H14N2O3S/c1-6-10-3-7(15-6)8(13)11-4-9(2,14)5-12/h3,12,14H,4-5H2,1-2H3,(H,11,13). The molecular formula is C9H14N2O3S. The fraction of sp³-hybridized carbons (Fsp3) is 0.556. The molecule has 0 saturated carbocycles. The molecule has 1 unspecified atom stereocenters. The molecule has 1 atom stereocenters. The second-order valence-electron chi connectivity index (χ2n) is 3.58. The van der Waals surface area contributed by atoms with Crippen LogP contribution in [-0.4, -0.2) is 39.9 Å². The Kier molecular flexibility index (Phi) is 3.78. The Morgan fingerprint density at radius 3 is 2.87 bits per heavy atom. The van der Waals surface area contributed by atoms with Gasteiger partial charge in [0.25, 0.3) is 5.91 Å². The van der Waals surface area contributed by atoms with E-state index in [2.05, 4.69) is 10.3 Å². The molecule has 1 heterocycles. The lowest BCUT2D eigenvalue weighted by atomic mass is 10.1. The lowest BCUT2D eigenvalue weighted by Gasteiger charge is -2.20. The van der Waals surface area contributed by atoms with E-state index in [1.807, 2.05) is 6.92 Å². The first kappa shape index (κ1) is 12.1. The van der Waals surface area contributed by atoms with Crippen LogP contribution in [0.2, 0.25) is 0 Å². The van der Waals surface area contributed by atoms with E-state index in [0.29, 0.717) is 4.88 Å². The zero-order valence-corrected chi connectivity index (χ0v) is 9.47. The van der Waals surface area contributed by atoms with E-state index < -0.39 is 12.2 Å². The van der Waals surface area contributed by atoms with Crippen molar-refractivity contribution in [1.82, 2.24) is 10.3 Å². The van der Waals surface area contributed by atoms with Gasteiger partial charge in [0.15, 0.2) is 0 Å².